The van der Waals surface area contributed by atoms with Gasteiger partial charge in [0.15, 0.2) is 5.41 Å². The van der Waals surface area contributed by atoms with Crippen molar-refractivity contribution in [3.63, 3.8) is 0 Å². The van der Waals surface area contributed by atoms with Crippen molar-refractivity contribution in [2.45, 2.75) is 25.2 Å². The first-order valence-electron chi connectivity index (χ1n) is 5.61. The summed E-state index contributed by atoms with van der Waals surface area (Å²) in [6, 6.07) is 6.53. The first kappa shape index (κ1) is 14.5. The van der Waals surface area contributed by atoms with E-state index in [1.807, 2.05) is 0 Å². The quantitative estimate of drug-likeness (QED) is 0.614. The molecule has 1 rings (SSSR count). The molecule has 0 amide bonds. The van der Waals surface area contributed by atoms with E-state index in [1.165, 1.54) is 0 Å². The van der Waals surface area contributed by atoms with Crippen LogP contribution in [0.25, 0.3) is 0 Å². The summed E-state index contributed by atoms with van der Waals surface area (Å²) >= 11 is 5.61. The summed E-state index contributed by atoms with van der Waals surface area (Å²) in [6.45, 7) is 1.55. The number of carboxylic acids is 2. The molecule has 0 aromatic heterocycles. The normalized spacial score (nSPS) is 11.2. The van der Waals surface area contributed by atoms with Crippen molar-refractivity contribution in [2.75, 3.05) is 5.88 Å². The van der Waals surface area contributed by atoms with E-state index in [-0.39, 0.29) is 12.0 Å². The van der Waals surface area contributed by atoms with Gasteiger partial charge in [0, 0.05) is 5.88 Å². The molecule has 5 heteroatoms. The summed E-state index contributed by atoms with van der Waals surface area (Å²) < 4.78 is 0. The standard InChI is InChI=1S/C13H15ClO4/c1-2-13(11(15)16,12(17)18)10-5-3-9(4-6-10)7-8-14/h3-6H,2,7-8H2,1H3,(H,15,16)(H,17,18). The minimum atomic E-state index is -1.88. The number of aliphatic carboxylic acids is 2. The Balaban J connectivity index is 3.22. The van der Waals surface area contributed by atoms with Gasteiger partial charge >= 0.3 is 11.9 Å². The highest BCUT2D eigenvalue weighted by atomic mass is 35.5. The molecule has 98 valence electrons. The highest BCUT2D eigenvalue weighted by Gasteiger charge is 2.46. The monoisotopic (exact) mass is 270 g/mol. The zero-order valence-electron chi connectivity index (χ0n) is 10.0. The van der Waals surface area contributed by atoms with Crippen LogP contribution in [0.3, 0.4) is 0 Å². The van der Waals surface area contributed by atoms with Gasteiger partial charge in [0.1, 0.15) is 0 Å². The predicted molar refractivity (Wildman–Crippen MR) is 68.1 cm³/mol. The maximum Gasteiger partial charge on any atom is 0.325 e. The molecule has 0 saturated heterocycles. The molecule has 2 N–H and O–H groups in total. The van der Waals surface area contributed by atoms with E-state index in [9.17, 15) is 19.8 Å². The first-order chi connectivity index (χ1) is 8.48. The second-order valence-corrected chi connectivity index (χ2v) is 4.38. The van der Waals surface area contributed by atoms with Crippen molar-refractivity contribution in [1.82, 2.24) is 0 Å². The van der Waals surface area contributed by atoms with Gasteiger partial charge in [0.25, 0.3) is 0 Å². The van der Waals surface area contributed by atoms with E-state index in [4.69, 9.17) is 11.6 Å². The molecule has 1 aromatic rings. The number of alkyl halides is 1. The van der Waals surface area contributed by atoms with Gasteiger partial charge in [-0.1, -0.05) is 31.2 Å². The molecule has 18 heavy (non-hydrogen) atoms. The van der Waals surface area contributed by atoms with Crippen molar-refractivity contribution in [1.29, 1.82) is 0 Å². The largest absolute Gasteiger partial charge is 0.480 e. The van der Waals surface area contributed by atoms with Crippen molar-refractivity contribution >= 4 is 23.5 Å². The van der Waals surface area contributed by atoms with Crippen molar-refractivity contribution in [2.24, 2.45) is 0 Å². The van der Waals surface area contributed by atoms with E-state index in [2.05, 4.69) is 0 Å². The van der Waals surface area contributed by atoms with Crippen LogP contribution >= 0.6 is 11.6 Å². The fraction of sp³-hybridized carbons (Fsp3) is 0.385. The summed E-state index contributed by atoms with van der Waals surface area (Å²) in [7, 11) is 0. The Bertz CT molecular complexity index is 425. The average Bonchev–Trinajstić information content (AvgIpc) is 2.32. The van der Waals surface area contributed by atoms with E-state index in [0.717, 1.165) is 5.56 Å². The minimum Gasteiger partial charge on any atom is -0.480 e. The SMILES string of the molecule is CCC(C(=O)O)(C(=O)O)c1ccc(CCCl)cc1. The van der Waals surface area contributed by atoms with Crippen LogP contribution < -0.4 is 0 Å². The third-order valence-corrected chi connectivity index (χ3v) is 3.28. The van der Waals surface area contributed by atoms with E-state index >= 15 is 0 Å². The number of aryl methyl sites for hydroxylation is 1. The van der Waals surface area contributed by atoms with Gasteiger partial charge < -0.3 is 10.2 Å². The second kappa shape index (κ2) is 5.87. The molecular weight excluding hydrogens is 256 g/mol. The molecule has 4 nitrogen and oxygen atoms in total. The van der Waals surface area contributed by atoms with Crippen LogP contribution in [0.15, 0.2) is 24.3 Å². The minimum absolute atomic E-state index is 0.00742. The number of carbonyl (C=O) groups is 2. The molecule has 0 spiro atoms. The lowest BCUT2D eigenvalue weighted by molar-refractivity contribution is -0.157. The molecule has 1 aromatic carbocycles. The lowest BCUT2D eigenvalue weighted by Crippen LogP contribution is -2.43. The Morgan fingerprint density at radius 1 is 1.17 bits per heavy atom. The smallest absolute Gasteiger partial charge is 0.325 e. The Hall–Kier alpha value is -1.55. The highest BCUT2D eigenvalue weighted by molar-refractivity contribution is 6.18. The Morgan fingerprint density at radius 2 is 1.67 bits per heavy atom. The number of hydrogen-bond acceptors (Lipinski definition) is 2. The summed E-state index contributed by atoms with van der Waals surface area (Å²) in [5.41, 5.74) is -0.641. The van der Waals surface area contributed by atoms with Gasteiger partial charge in [-0.25, -0.2) is 0 Å². The molecule has 0 radical (unpaired) electrons. The maximum atomic E-state index is 11.3. The van der Waals surface area contributed by atoms with Gasteiger partial charge in [-0.15, -0.1) is 11.6 Å². The van der Waals surface area contributed by atoms with Gasteiger partial charge in [-0.05, 0) is 24.0 Å². The predicted octanol–water partition coefficient (Wildman–Crippen LogP) is 2.28. The van der Waals surface area contributed by atoms with Crippen molar-refractivity contribution in [3.8, 4) is 0 Å². The molecule has 0 aliphatic rings. The zero-order valence-corrected chi connectivity index (χ0v) is 10.8. The van der Waals surface area contributed by atoms with Crippen LogP contribution in [-0.2, 0) is 21.4 Å². The van der Waals surface area contributed by atoms with E-state index in [1.54, 1.807) is 31.2 Å². The first-order valence-corrected chi connectivity index (χ1v) is 6.14. The van der Waals surface area contributed by atoms with Crippen LogP contribution in [0, 0.1) is 0 Å². The topological polar surface area (TPSA) is 74.6 Å². The van der Waals surface area contributed by atoms with Gasteiger partial charge in [0.05, 0.1) is 0 Å². The van der Waals surface area contributed by atoms with Crippen LogP contribution in [0.2, 0.25) is 0 Å². The maximum absolute atomic E-state index is 11.3. The van der Waals surface area contributed by atoms with E-state index in [0.29, 0.717) is 12.3 Å². The van der Waals surface area contributed by atoms with Gasteiger partial charge in [-0.3, -0.25) is 9.59 Å². The lowest BCUT2D eigenvalue weighted by Gasteiger charge is -2.23. The number of halogens is 1. The van der Waals surface area contributed by atoms with Crippen LogP contribution in [-0.4, -0.2) is 28.0 Å². The average molecular weight is 271 g/mol. The lowest BCUT2D eigenvalue weighted by atomic mass is 9.78. The second-order valence-electron chi connectivity index (χ2n) is 4.01. The zero-order chi connectivity index (χ0) is 13.8. The van der Waals surface area contributed by atoms with Crippen LogP contribution in [0.5, 0.6) is 0 Å². The molecular formula is C13H15ClO4. The van der Waals surface area contributed by atoms with Crippen LogP contribution in [0.1, 0.15) is 24.5 Å². The van der Waals surface area contributed by atoms with E-state index < -0.39 is 17.4 Å². The fourth-order valence-electron chi connectivity index (χ4n) is 1.91. The summed E-state index contributed by atoms with van der Waals surface area (Å²) in [5, 5.41) is 18.4. The molecule has 0 unspecified atom stereocenters. The number of rotatable bonds is 6. The molecule has 0 atom stereocenters. The molecule has 0 saturated carbocycles. The third kappa shape index (κ3) is 2.48. The molecule has 0 heterocycles. The Morgan fingerprint density at radius 3 is 2.00 bits per heavy atom. The summed E-state index contributed by atoms with van der Waals surface area (Å²) in [4.78, 5) is 22.6. The number of benzene rings is 1. The summed E-state index contributed by atoms with van der Waals surface area (Å²) in [5.74, 6) is -2.22. The fourth-order valence-corrected chi connectivity index (χ4v) is 2.13. The van der Waals surface area contributed by atoms with Crippen molar-refractivity contribution < 1.29 is 19.8 Å². The molecule has 0 aliphatic heterocycles. The Labute approximate surface area is 110 Å². The van der Waals surface area contributed by atoms with Gasteiger partial charge in [0.2, 0.25) is 0 Å². The van der Waals surface area contributed by atoms with Gasteiger partial charge in [-0.2, -0.15) is 0 Å². The Kier molecular flexibility index (Phi) is 4.73. The van der Waals surface area contributed by atoms with Crippen LogP contribution in [0.4, 0.5) is 0 Å². The number of carboxylic acid groups (broad SMARTS) is 2. The molecule has 0 fully saturated rings. The highest BCUT2D eigenvalue weighted by Crippen LogP contribution is 2.29. The summed E-state index contributed by atoms with van der Waals surface area (Å²) in [6.07, 6.45) is 0.660. The number of hydrogen-bond donors (Lipinski definition) is 2. The molecule has 0 aliphatic carbocycles. The third-order valence-electron chi connectivity index (χ3n) is 3.09. The van der Waals surface area contributed by atoms with Crippen molar-refractivity contribution in [3.05, 3.63) is 35.4 Å². The molecule has 0 bridgehead atoms.